The number of hydrogen-bond donors (Lipinski definition) is 3. The van der Waals surface area contributed by atoms with Gasteiger partial charge in [-0.05, 0) is 18.0 Å². The van der Waals surface area contributed by atoms with Crippen molar-refractivity contribution in [1.82, 2.24) is 4.72 Å². The lowest BCUT2D eigenvalue weighted by Crippen LogP contribution is -2.28. The molecule has 0 bridgehead atoms. The van der Waals surface area contributed by atoms with Crippen LogP contribution in [-0.4, -0.2) is 26.1 Å². The number of nitrogens with one attached hydrogen (secondary N) is 1. The third-order valence-corrected chi connectivity index (χ3v) is 3.03. The molecule has 1 heterocycles. The maximum Gasteiger partial charge on any atom is 0.240 e. The summed E-state index contributed by atoms with van der Waals surface area (Å²) in [5.74, 6) is 0.218. The first kappa shape index (κ1) is 8.29. The number of carbonyl (C=O) groups excluding carboxylic acids is 1. The van der Waals surface area contributed by atoms with Gasteiger partial charge in [0.25, 0.3) is 0 Å². The second-order valence-corrected chi connectivity index (χ2v) is 4.48. The van der Waals surface area contributed by atoms with Crippen LogP contribution in [0, 0.1) is 0 Å². The Hall–Kier alpha value is 0.190. The van der Waals surface area contributed by atoms with Gasteiger partial charge in [0.05, 0.1) is 5.75 Å². The Morgan fingerprint density at radius 1 is 1.70 bits per heavy atom. The zero-order valence-corrected chi connectivity index (χ0v) is 6.65. The summed E-state index contributed by atoms with van der Waals surface area (Å²) in [4.78, 5) is 10.4. The molecule has 0 aromatic rings. The lowest BCUT2D eigenvalue weighted by atomic mass is 10.3. The molecule has 3 N–H and O–H groups in total. The quantitative estimate of drug-likeness (QED) is 0.528. The van der Waals surface area contributed by atoms with E-state index in [-0.39, 0.29) is 5.75 Å². The first-order chi connectivity index (χ1) is 4.51. The van der Waals surface area contributed by atoms with E-state index in [1.807, 2.05) is 0 Å². The number of hydrogen-bond acceptors (Lipinski definition) is 4. The Kier molecular flexibility index (Phi) is 2.21. The third kappa shape index (κ3) is 1.83. The minimum atomic E-state index is -2.70. The van der Waals surface area contributed by atoms with Gasteiger partial charge in [-0.15, -0.1) is 10.8 Å². The summed E-state index contributed by atoms with van der Waals surface area (Å²) in [6, 6.07) is -0.577. The molecule has 10 heavy (non-hydrogen) atoms. The highest BCUT2D eigenvalue weighted by atomic mass is 35.5. The van der Waals surface area contributed by atoms with Gasteiger partial charge in [0, 0.05) is 0 Å². The molecule has 60 valence electrons. The van der Waals surface area contributed by atoms with Crippen LogP contribution in [-0.2, 0) is 4.79 Å². The fourth-order valence-corrected chi connectivity index (χ4v) is 2.38. The van der Waals surface area contributed by atoms with Crippen molar-refractivity contribution in [2.45, 2.75) is 12.5 Å². The van der Waals surface area contributed by atoms with Gasteiger partial charge in [0.15, 0.2) is 0 Å². The molecule has 1 aliphatic rings. The molecule has 0 amide bonds. The zero-order chi connectivity index (χ0) is 7.78. The van der Waals surface area contributed by atoms with Gasteiger partial charge in [0.1, 0.15) is 6.04 Å². The van der Waals surface area contributed by atoms with E-state index in [9.17, 15) is 4.79 Å². The standard InChI is InChI=1S/C4H8ClNO3S/c5-4(7)3-1-2-10(8,9)6-3/h3,6,8-9H,1-2H2. The van der Waals surface area contributed by atoms with Gasteiger partial charge in [0.2, 0.25) is 5.24 Å². The van der Waals surface area contributed by atoms with E-state index >= 15 is 0 Å². The Morgan fingerprint density at radius 3 is 2.50 bits per heavy atom. The first-order valence-corrected chi connectivity index (χ1v) is 4.83. The molecule has 1 rings (SSSR count). The summed E-state index contributed by atoms with van der Waals surface area (Å²) < 4.78 is 20.2. The highest BCUT2D eigenvalue weighted by molar-refractivity contribution is 8.22. The van der Waals surface area contributed by atoms with Crippen LogP contribution in [0.2, 0.25) is 0 Å². The van der Waals surface area contributed by atoms with E-state index in [1.54, 1.807) is 0 Å². The van der Waals surface area contributed by atoms with E-state index in [1.165, 1.54) is 0 Å². The molecule has 0 saturated carbocycles. The topological polar surface area (TPSA) is 69.6 Å². The summed E-state index contributed by atoms with van der Waals surface area (Å²) in [7, 11) is -2.70. The fraction of sp³-hybridized carbons (Fsp3) is 0.750. The van der Waals surface area contributed by atoms with Gasteiger partial charge in [-0.2, -0.15) is 0 Å². The molecule has 0 spiro atoms. The summed E-state index contributed by atoms with van der Waals surface area (Å²) in [5, 5.41) is -0.558. The monoisotopic (exact) mass is 185 g/mol. The van der Waals surface area contributed by atoms with E-state index in [2.05, 4.69) is 4.72 Å². The van der Waals surface area contributed by atoms with Crippen molar-refractivity contribution in [3.05, 3.63) is 0 Å². The third-order valence-electron chi connectivity index (χ3n) is 1.30. The summed E-state index contributed by atoms with van der Waals surface area (Å²) in [6.45, 7) is 0. The maximum atomic E-state index is 10.4. The molecule has 4 nitrogen and oxygen atoms in total. The van der Waals surface area contributed by atoms with Crippen LogP contribution in [0.3, 0.4) is 0 Å². The van der Waals surface area contributed by atoms with E-state index < -0.39 is 22.1 Å². The Morgan fingerprint density at radius 2 is 2.30 bits per heavy atom. The molecule has 0 aromatic carbocycles. The van der Waals surface area contributed by atoms with E-state index in [4.69, 9.17) is 20.7 Å². The van der Waals surface area contributed by atoms with Gasteiger partial charge in [-0.1, -0.05) is 0 Å². The molecule has 1 unspecified atom stereocenters. The maximum absolute atomic E-state index is 10.4. The molecular weight excluding hydrogens is 178 g/mol. The van der Waals surface area contributed by atoms with Crippen molar-refractivity contribution in [2.75, 3.05) is 5.75 Å². The molecule has 1 fully saturated rings. The molecule has 1 aliphatic heterocycles. The second-order valence-electron chi connectivity index (χ2n) is 2.13. The van der Waals surface area contributed by atoms with Crippen LogP contribution < -0.4 is 4.72 Å². The molecule has 0 aromatic heterocycles. The van der Waals surface area contributed by atoms with Crippen LogP contribution in [0.4, 0.5) is 0 Å². The van der Waals surface area contributed by atoms with Crippen LogP contribution >= 0.6 is 22.4 Å². The van der Waals surface area contributed by atoms with Crippen LogP contribution in [0.15, 0.2) is 0 Å². The number of carbonyl (C=O) groups is 1. The molecule has 6 heteroatoms. The highest BCUT2D eigenvalue weighted by Gasteiger charge is 2.31. The largest absolute Gasteiger partial charge is 0.286 e. The second kappa shape index (κ2) is 2.67. The van der Waals surface area contributed by atoms with Crippen molar-refractivity contribution in [2.24, 2.45) is 0 Å². The lowest BCUT2D eigenvalue weighted by molar-refractivity contribution is -0.113. The van der Waals surface area contributed by atoms with E-state index in [0.717, 1.165) is 0 Å². The summed E-state index contributed by atoms with van der Waals surface area (Å²) >= 11 is 5.10. The van der Waals surface area contributed by atoms with Gasteiger partial charge in [-0.3, -0.25) is 13.9 Å². The summed E-state index contributed by atoms with van der Waals surface area (Å²) in [6.07, 6.45) is 0.407. The van der Waals surface area contributed by atoms with Crippen molar-refractivity contribution < 1.29 is 13.9 Å². The SMILES string of the molecule is O=C(Cl)C1CCS(O)(O)N1. The van der Waals surface area contributed by atoms with Gasteiger partial charge < -0.3 is 0 Å². The Labute approximate surface area is 65.0 Å². The minimum Gasteiger partial charge on any atom is -0.286 e. The normalized spacial score (nSPS) is 33.7. The lowest BCUT2D eigenvalue weighted by Gasteiger charge is -2.26. The minimum absolute atomic E-state index is 0.218. The molecule has 0 radical (unpaired) electrons. The number of rotatable bonds is 1. The van der Waals surface area contributed by atoms with Crippen molar-refractivity contribution in [1.29, 1.82) is 0 Å². The van der Waals surface area contributed by atoms with Crippen molar-refractivity contribution in [3.8, 4) is 0 Å². The Balaban J connectivity index is 2.51. The van der Waals surface area contributed by atoms with Gasteiger partial charge >= 0.3 is 0 Å². The molecule has 0 aliphatic carbocycles. The molecular formula is C4H8ClNO3S. The highest BCUT2D eigenvalue weighted by Crippen LogP contribution is 2.41. The predicted molar refractivity (Wildman–Crippen MR) is 40.1 cm³/mol. The summed E-state index contributed by atoms with van der Waals surface area (Å²) in [5.41, 5.74) is 0. The zero-order valence-electron chi connectivity index (χ0n) is 5.08. The van der Waals surface area contributed by atoms with Crippen LogP contribution in [0.25, 0.3) is 0 Å². The molecule has 1 atom stereocenters. The van der Waals surface area contributed by atoms with Crippen molar-refractivity contribution >= 4 is 27.6 Å². The predicted octanol–water partition coefficient (Wildman–Crippen LogP) is 0.779. The van der Waals surface area contributed by atoms with Gasteiger partial charge in [-0.25, -0.2) is 4.72 Å². The van der Waals surface area contributed by atoms with Crippen molar-refractivity contribution in [3.63, 3.8) is 0 Å². The van der Waals surface area contributed by atoms with Crippen LogP contribution in [0.1, 0.15) is 6.42 Å². The Bertz CT molecular complexity index is 163. The fourth-order valence-electron chi connectivity index (χ4n) is 0.788. The van der Waals surface area contributed by atoms with Crippen LogP contribution in [0.5, 0.6) is 0 Å². The first-order valence-electron chi connectivity index (χ1n) is 2.74. The molecule has 1 saturated heterocycles. The number of halogens is 1. The van der Waals surface area contributed by atoms with E-state index in [0.29, 0.717) is 6.42 Å². The smallest absolute Gasteiger partial charge is 0.240 e. The average Bonchev–Trinajstić information content (AvgIpc) is 2.10. The average molecular weight is 186 g/mol.